The highest BCUT2D eigenvalue weighted by molar-refractivity contribution is 8.01. The third-order valence-electron chi connectivity index (χ3n) is 4.28. The van der Waals surface area contributed by atoms with Crippen LogP contribution in [0.15, 0.2) is 33.5 Å². The first-order valence-electron chi connectivity index (χ1n) is 9.14. The van der Waals surface area contributed by atoms with Crippen LogP contribution in [-0.2, 0) is 14.8 Å². The average molecular weight is 460 g/mol. The number of nitrogens with one attached hydrogen (secondary N) is 1. The van der Waals surface area contributed by atoms with Gasteiger partial charge < -0.3 is 10.2 Å². The highest BCUT2D eigenvalue weighted by Crippen LogP contribution is 2.26. The molecule has 0 atom stereocenters. The van der Waals surface area contributed by atoms with Crippen LogP contribution in [0.2, 0.25) is 0 Å². The van der Waals surface area contributed by atoms with Crippen molar-refractivity contribution < 1.29 is 17.6 Å². The van der Waals surface area contributed by atoms with Crippen molar-refractivity contribution in [1.82, 2.24) is 19.4 Å². The molecule has 12 heteroatoms. The van der Waals surface area contributed by atoms with E-state index in [2.05, 4.69) is 22.4 Å². The van der Waals surface area contributed by atoms with Gasteiger partial charge in [0.2, 0.25) is 21.1 Å². The van der Waals surface area contributed by atoms with E-state index < -0.39 is 15.8 Å². The highest BCUT2D eigenvalue weighted by atomic mass is 32.2. The molecule has 2 aromatic rings. The highest BCUT2D eigenvalue weighted by Gasteiger charge is 2.30. The molecule has 1 aromatic carbocycles. The Labute approximate surface area is 177 Å². The summed E-state index contributed by atoms with van der Waals surface area (Å²) < 4.78 is 40.6. The van der Waals surface area contributed by atoms with Crippen LogP contribution in [0.1, 0.15) is 13.3 Å². The summed E-state index contributed by atoms with van der Waals surface area (Å²) in [6.45, 7) is 3.84. The van der Waals surface area contributed by atoms with Gasteiger partial charge in [-0.1, -0.05) is 36.1 Å². The van der Waals surface area contributed by atoms with Crippen LogP contribution >= 0.6 is 23.1 Å². The zero-order chi connectivity index (χ0) is 20.9. The van der Waals surface area contributed by atoms with Crippen LogP contribution in [0.4, 0.5) is 9.52 Å². The molecule has 3 rings (SSSR count). The molecule has 1 amide bonds. The van der Waals surface area contributed by atoms with Gasteiger partial charge in [0, 0.05) is 32.7 Å². The minimum absolute atomic E-state index is 0.0726. The molecule has 0 spiro atoms. The number of hydrogen-bond donors (Lipinski definition) is 1. The van der Waals surface area contributed by atoms with E-state index >= 15 is 0 Å². The van der Waals surface area contributed by atoms with E-state index in [0.29, 0.717) is 17.4 Å². The number of anilines is 1. The molecular formula is C17H22FN5O3S3. The first kappa shape index (κ1) is 21.9. The van der Waals surface area contributed by atoms with Gasteiger partial charge in [-0.3, -0.25) is 4.79 Å². The van der Waals surface area contributed by atoms with Gasteiger partial charge in [0.25, 0.3) is 0 Å². The predicted molar refractivity (Wildman–Crippen MR) is 111 cm³/mol. The number of halogens is 1. The lowest BCUT2D eigenvalue weighted by atomic mass is 10.3. The monoisotopic (exact) mass is 459 g/mol. The predicted octanol–water partition coefficient (Wildman–Crippen LogP) is 2.12. The number of thioether (sulfide) groups is 1. The minimum Gasteiger partial charge on any atom is -0.360 e. The number of carbonyl (C=O) groups is 1. The Hall–Kier alpha value is -1.76. The van der Waals surface area contributed by atoms with Crippen LogP contribution in [0.3, 0.4) is 0 Å². The molecule has 1 aliphatic rings. The Morgan fingerprint density at radius 2 is 2.03 bits per heavy atom. The van der Waals surface area contributed by atoms with Gasteiger partial charge in [-0.25, -0.2) is 12.8 Å². The number of piperazine rings is 1. The van der Waals surface area contributed by atoms with Crippen molar-refractivity contribution in [2.45, 2.75) is 22.6 Å². The first-order chi connectivity index (χ1) is 13.9. The fraction of sp³-hybridized carbons (Fsp3) is 0.471. The van der Waals surface area contributed by atoms with E-state index in [0.717, 1.165) is 24.2 Å². The maximum Gasteiger partial charge on any atom is 0.243 e. The maximum atomic E-state index is 13.4. The summed E-state index contributed by atoms with van der Waals surface area (Å²) in [4.78, 5) is 14.0. The van der Waals surface area contributed by atoms with Gasteiger partial charge in [-0.15, -0.1) is 10.2 Å². The Kier molecular flexibility index (Phi) is 7.44. The van der Waals surface area contributed by atoms with Crippen molar-refractivity contribution in [3.8, 4) is 0 Å². The fourth-order valence-corrected chi connectivity index (χ4v) is 5.88. The van der Waals surface area contributed by atoms with E-state index in [1.165, 1.54) is 45.6 Å². The van der Waals surface area contributed by atoms with Crippen LogP contribution in [-0.4, -0.2) is 72.2 Å². The van der Waals surface area contributed by atoms with Gasteiger partial charge in [0.05, 0.1) is 10.6 Å². The molecule has 8 nitrogen and oxygen atoms in total. The summed E-state index contributed by atoms with van der Waals surface area (Å²) >= 11 is 2.73. The zero-order valence-electron chi connectivity index (χ0n) is 15.9. The van der Waals surface area contributed by atoms with Crippen molar-refractivity contribution in [2.24, 2.45) is 0 Å². The topological polar surface area (TPSA) is 95.5 Å². The summed E-state index contributed by atoms with van der Waals surface area (Å²) in [6.07, 6.45) is 0.988. The van der Waals surface area contributed by atoms with E-state index in [-0.39, 0.29) is 29.6 Å². The quantitative estimate of drug-likeness (QED) is 0.604. The van der Waals surface area contributed by atoms with Crippen LogP contribution < -0.4 is 5.32 Å². The second-order valence-corrected chi connectivity index (χ2v) is 10.5. The molecule has 0 radical (unpaired) electrons. The molecule has 0 unspecified atom stereocenters. The van der Waals surface area contributed by atoms with Crippen LogP contribution in [0, 0.1) is 5.82 Å². The molecule has 0 aliphatic carbocycles. The van der Waals surface area contributed by atoms with Crippen LogP contribution in [0.25, 0.3) is 0 Å². The Bertz CT molecular complexity index is 945. The molecule has 2 heterocycles. The second-order valence-electron chi connectivity index (χ2n) is 6.33. The van der Waals surface area contributed by atoms with Gasteiger partial charge in [0.1, 0.15) is 5.82 Å². The maximum absolute atomic E-state index is 13.4. The van der Waals surface area contributed by atoms with Crippen molar-refractivity contribution in [3.05, 3.63) is 30.1 Å². The Morgan fingerprint density at radius 1 is 1.28 bits per heavy atom. The summed E-state index contributed by atoms with van der Waals surface area (Å²) in [5.41, 5.74) is 0. The van der Waals surface area contributed by atoms with Gasteiger partial charge in [-0.2, -0.15) is 4.31 Å². The summed E-state index contributed by atoms with van der Waals surface area (Å²) in [5.74, 6) is -0.447. The lowest BCUT2D eigenvalue weighted by molar-refractivity contribution is -0.129. The molecule has 1 fully saturated rings. The van der Waals surface area contributed by atoms with Gasteiger partial charge in [-0.05, 0) is 24.6 Å². The van der Waals surface area contributed by atoms with Crippen molar-refractivity contribution in [3.63, 3.8) is 0 Å². The summed E-state index contributed by atoms with van der Waals surface area (Å²) in [6, 6.07) is 4.96. The molecule has 158 valence electrons. The van der Waals surface area contributed by atoms with Crippen molar-refractivity contribution in [1.29, 1.82) is 0 Å². The molecule has 29 heavy (non-hydrogen) atoms. The fourth-order valence-electron chi connectivity index (χ4n) is 2.74. The Morgan fingerprint density at radius 3 is 2.72 bits per heavy atom. The van der Waals surface area contributed by atoms with Crippen molar-refractivity contribution >= 4 is 44.2 Å². The molecule has 1 saturated heterocycles. The zero-order valence-corrected chi connectivity index (χ0v) is 18.3. The van der Waals surface area contributed by atoms with E-state index in [1.807, 2.05) is 0 Å². The smallest absolute Gasteiger partial charge is 0.243 e. The van der Waals surface area contributed by atoms with E-state index in [4.69, 9.17) is 0 Å². The number of rotatable bonds is 8. The third kappa shape index (κ3) is 5.65. The lowest BCUT2D eigenvalue weighted by Gasteiger charge is -2.34. The number of hydrogen-bond acceptors (Lipinski definition) is 8. The third-order valence-corrected chi connectivity index (χ3v) is 8.17. The number of aromatic nitrogens is 2. The average Bonchev–Trinajstić information content (AvgIpc) is 3.18. The molecule has 0 bridgehead atoms. The number of amides is 1. The normalized spacial score (nSPS) is 15.4. The lowest BCUT2D eigenvalue weighted by Crippen LogP contribution is -2.50. The number of carbonyl (C=O) groups excluding carboxylic acids is 1. The SMILES string of the molecule is CCCNc1nnc(SCC(=O)N2CCN(S(=O)(=O)c3cccc(F)c3)CC2)s1. The Balaban J connectivity index is 1.50. The van der Waals surface area contributed by atoms with E-state index in [1.54, 1.807) is 4.90 Å². The number of benzene rings is 1. The van der Waals surface area contributed by atoms with Gasteiger partial charge in [0.15, 0.2) is 4.34 Å². The molecular weight excluding hydrogens is 437 g/mol. The number of nitrogens with zero attached hydrogens (tertiary/aromatic N) is 4. The molecule has 1 aromatic heterocycles. The number of sulfonamides is 1. The molecule has 1 N–H and O–H groups in total. The van der Waals surface area contributed by atoms with Gasteiger partial charge >= 0.3 is 0 Å². The first-order valence-corrected chi connectivity index (χ1v) is 12.4. The largest absolute Gasteiger partial charge is 0.360 e. The van der Waals surface area contributed by atoms with Crippen LogP contribution in [0.5, 0.6) is 0 Å². The molecule has 0 saturated carbocycles. The molecule has 1 aliphatic heterocycles. The van der Waals surface area contributed by atoms with E-state index in [9.17, 15) is 17.6 Å². The van der Waals surface area contributed by atoms with Crippen molar-refractivity contribution in [2.75, 3.05) is 43.8 Å². The summed E-state index contributed by atoms with van der Waals surface area (Å²) in [7, 11) is -3.77. The standard InChI is InChI=1S/C17H22FN5O3S3/c1-2-6-19-16-20-21-17(28-16)27-12-15(24)22-7-9-23(10-8-22)29(25,26)14-5-3-4-13(18)11-14/h3-5,11H,2,6-10,12H2,1H3,(H,19,20). The second kappa shape index (κ2) is 9.83. The minimum atomic E-state index is -3.77. The summed E-state index contributed by atoms with van der Waals surface area (Å²) in [5, 5.41) is 12.0.